The number of fused-ring (bicyclic) bond motifs is 1. The molecule has 2 heteroatoms. The van der Waals surface area contributed by atoms with E-state index in [1.165, 1.54) is 5.56 Å². The maximum atomic E-state index is 5.69. The van der Waals surface area contributed by atoms with Crippen molar-refractivity contribution in [1.29, 1.82) is 0 Å². The van der Waals surface area contributed by atoms with Crippen LogP contribution in [-0.4, -0.2) is 19.2 Å². The lowest BCUT2D eigenvalue weighted by Gasteiger charge is -2.20. The van der Waals surface area contributed by atoms with Gasteiger partial charge in [0.05, 0.1) is 6.61 Å². The third kappa shape index (κ3) is 2.12. The molecular weight excluding hydrogens is 198 g/mol. The Balaban J connectivity index is 2.13. The smallest absolute Gasteiger partial charge is 0.122 e. The molecule has 0 saturated carbocycles. The van der Waals surface area contributed by atoms with Crippen LogP contribution in [0.2, 0.25) is 0 Å². The lowest BCUT2D eigenvalue weighted by Crippen LogP contribution is -2.34. The van der Waals surface area contributed by atoms with Gasteiger partial charge in [-0.1, -0.05) is 31.2 Å². The first-order valence-electron chi connectivity index (χ1n) is 5.94. The van der Waals surface area contributed by atoms with Crippen molar-refractivity contribution in [2.24, 2.45) is 0 Å². The van der Waals surface area contributed by atoms with E-state index in [9.17, 15) is 0 Å². The lowest BCUT2D eigenvalue weighted by atomic mass is 9.93. The van der Waals surface area contributed by atoms with E-state index in [2.05, 4.69) is 31.0 Å². The van der Waals surface area contributed by atoms with Gasteiger partial charge in [-0.2, -0.15) is 0 Å². The molecule has 86 valence electrons. The first kappa shape index (κ1) is 11.2. The molecule has 0 aliphatic carbocycles. The van der Waals surface area contributed by atoms with Crippen LogP contribution in [0.25, 0.3) is 0 Å². The van der Waals surface area contributed by atoms with Crippen molar-refractivity contribution in [2.75, 3.05) is 13.2 Å². The molecule has 0 aromatic heterocycles. The standard InChI is InChI=1S/C14H19NO/c1-3-9-15-13(4-2)12-10-16-14-8-6-5-7-11(12)14/h4-8,12-13,15H,2-3,9-10H2,1H3. The summed E-state index contributed by atoms with van der Waals surface area (Å²) in [4.78, 5) is 0. The molecule has 2 rings (SSSR count). The Labute approximate surface area is 97.3 Å². The molecule has 2 atom stereocenters. The second kappa shape index (κ2) is 5.17. The van der Waals surface area contributed by atoms with Crippen molar-refractivity contribution in [1.82, 2.24) is 5.32 Å². The van der Waals surface area contributed by atoms with Crippen LogP contribution in [0.5, 0.6) is 5.75 Å². The number of hydrogen-bond donors (Lipinski definition) is 1. The molecule has 1 heterocycles. The molecule has 0 radical (unpaired) electrons. The van der Waals surface area contributed by atoms with Crippen LogP contribution in [-0.2, 0) is 0 Å². The fourth-order valence-corrected chi connectivity index (χ4v) is 2.19. The zero-order chi connectivity index (χ0) is 11.4. The van der Waals surface area contributed by atoms with Crippen molar-refractivity contribution in [3.8, 4) is 5.75 Å². The van der Waals surface area contributed by atoms with E-state index < -0.39 is 0 Å². The predicted molar refractivity (Wildman–Crippen MR) is 67.0 cm³/mol. The third-order valence-corrected chi connectivity index (χ3v) is 3.05. The molecule has 2 nitrogen and oxygen atoms in total. The summed E-state index contributed by atoms with van der Waals surface area (Å²) in [6.45, 7) is 7.87. The number of nitrogens with one attached hydrogen (secondary N) is 1. The average Bonchev–Trinajstić information content (AvgIpc) is 2.75. The molecule has 1 aliphatic rings. The quantitative estimate of drug-likeness (QED) is 0.766. The Morgan fingerprint density at radius 1 is 1.56 bits per heavy atom. The van der Waals surface area contributed by atoms with Crippen LogP contribution >= 0.6 is 0 Å². The summed E-state index contributed by atoms with van der Waals surface area (Å²) in [5, 5.41) is 3.50. The largest absolute Gasteiger partial charge is 0.493 e. The number of rotatable bonds is 5. The monoisotopic (exact) mass is 217 g/mol. The number of ether oxygens (including phenoxy) is 1. The first-order chi connectivity index (χ1) is 7.86. The van der Waals surface area contributed by atoms with Crippen molar-refractivity contribution in [2.45, 2.75) is 25.3 Å². The minimum absolute atomic E-state index is 0.309. The van der Waals surface area contributed by atoms with Gasteiger partial charge in [-0.05, 0) is 19.0 Å². The van der Waals surface area contributed by atoms with Gasteiger partial charge in [-0.3, -0.25) is 0 Å². The van der Waals surface area contributed by atoms with Gasteiger partial charge in [0.25, 0.3) is 0 Å². The van der Waals surface area contributed by atoms with E-state index in [0.717, 1.165) is 25.3 Å². The van der Waals surface area contributed by atoms with Gasteiger partial charge >= 0.3 is 0 Å². The van der Waals surface area contributed by atoms with Crippen LogP contribution in [0, 0.1) is 0 Å². The average molecular weight is 217 g/mol. The van der Waals surface area contributed by atoms with E-state index in [1.807, 2.05) is 18.2 Å². The molecule has 0 bridgehead atoms. The van der Waals surface area contributed by atoms with Crippen molar-refractivity contribution in [3.05, 3.63) is 42.5 Å². The van der Waals surface area contributed by atoms with Crippen molar-refractivity contribution in [3.63, 3.8) is 0 Å². The fraction of sp³-hybridized carbons (Fsp3) is 0.429. The van der Waals surface area contributed by atoms with E-state index in [4.69, 9.17) is 4.74 Å². The Hall–Kier alpha value is -1.28. The van der Waals surface area contributed by atoms with Crippen LogP contribution in [0.3, 0.4) is 0 Å². The summed E-state index contributed by atoms with van der Waals surface area (Å²) in [6.07, 6.45) is 3.13. The number of para-hydroxylation sites is 1. The Kier molecular flexibility index (Phi) is 3.62. The van der Waals surface area contributed by atoms with E-state index in [1.54, 1.807) is 0 Å². The highest BCUT2D eigenvalue weighted by molar-refractivity contribution is 5.41. The first-order valence-corrected chi connectivity index (χ1v) is 5.94. The summed E-state index contributed by atoms with van der Waals surface area (Å²) in [5.41, 5.74) is 1.30. The maximum absolute atomic E-state index is 5.69. The summed E-state index contributed by atoms with van der Waals surface area (Å²) < 4.78 is 5.69. The summed E-state index contributed by atoms with van der Waals surface area (Å²) >= 11 is 0. The van der Waals surface area contributed by atoms with E-state index >= 15 is 0 Å². The number of benzene rings is 1. The van der Waals surface area contributed by atoms with Gasteiger partial charge in [-0.25, -0.2) is 0 Å². The van der Waals surface area contributed by atoms with Gasteiger partial charge in [0.15, 0.2) is 0 Å². The molecule has 0 amide bonds. The Bertz CT molecular complexity index is 362. The Morgan fingerprint density at radius 2 is 2.38 bits per heavy atom. The summed E-state index contributed by atoms with van der Waals surface area (Å²) in [5.74, 6) is 1.43. The highest BCUT2D eigenvalue weighted by Crippen LogP contribution is 2.35. The SMILES string of the molecule is C=CC(NCCC)C1COc2ccccc21. The molecule has 1 aromatic carbocycles. The van der Waals surface area contributed by atoms with Crippen LogP contribution in [0.4, 0.5) is 0 Å². The van der Waals surface area contributed by atoms with Crippen LogP contribution in [0.1, 0.15) is 24.8 Å². The van der Waals surface area contributed by atoms with E-state index in [-0.39, 0.29) is 0 Å². The van der Waals surface area contributed by atoms with Crippen molar-refractivity contribution >= 4 is 0 Å². The number of hydrogen-bond acceptors (Lipinski definition) is 2. The molecule has 1 aromatic rings. The maximum Gasteiger partial charge on any atom is 0.122 e. The molecular formula is C14H19NO. The van der Waals surface area contributed by atoms with Gasteiger partial charge in [0, 0.05) is 17.5 Å². The zero-order valence-electron chi connectivity index (χ0n) is 9.78. The molecule has 0 spiro atoms. The van der Waals surface area contributed by atoms with Gasteiger partial charge < -0.3 is 10.1 Å². The fourth-order valence-electron chi connectivity index (χ4n) is 2.19. The lowest BCUT2D eigenvalue weighted by molar-refractivity contribution is 0.312. The zero-order valence-corrected chi connectivity index (χ0v) is 9.78. The Morgan fingerprint density at radius 3 is 3.12 bits per heavy atom. The highest BCUT2D eigenvalue weighted by Gasteiger charge is 2.28. The third-order valence-electron chi connectivity index (χ3n) is 3.05. The summed E-state index contributed by atoms with van der Waals surface area (Å²) in [7, 11) is 0. The molecule has 1 N–H and O–H groups in total. The predicted octanol–water partition coefficient (Wildman–Crippen LogP) is 2.72. The van der Waals surface area contributed by atoms with Crippen LogP contribution in [0.15, 0.2) is 36.9 Å². The second-order valence-corrected chi connectivity index (χ2v) is 4.17. The topological polar surface area (TPSA) is 21.3 Å². The normalized spacial score (nSPS) is 19.9. The van der Waals surface area contributed by atoms with E-state index in [0.29, 0.717) is 12.0 Å². The molecule has 16 heavy (non-hydrogen) atoms. The second-order valence-electron chi connectivity index (χ2n) is 4.17. The van der Waals surface area contributed by atoms with Crippen molar-refractivity contribution < 1.29 is 4.74 Å². The van der Waals surface area contributed by atoms with Gasteiger partial charge in [-0.15, -0.1) is 6.58 Å². The highest BCUT2D eigenvalue weighted by atomic mass is 16.5. The molecule has 0 fully saturated rings. The molecule has 0 saturated heterocycles. The molecule has 2 unspecified atom stereocenters. The summed E-state index contributed by atoms with van der Waals surface area (Å²) in [6, 6.07) is 8.58. The minimum atomic E-state index is 0.309. The van der Waals surface area contributed by atoms with Gasteiger partial charge in [0.2, 0.25) is 0 Å². The van der Waals surface area contributed by atoms with Crippen LogP contribution < -0.4 is 10.1 Å². The minimum Gasteiger partial charge on any atom is -0.493 e. The molecule has 1 aliphatic heterocycles. The van der Waals surface area contributed by atoms with Gasteiger partial charge in [0.1, 0.15) is 5.75 Å².